The van der Waals surface area contributed by atoms with Gasteiger partial charge in [-0.3, -0.25) is 9.78 Å². The normalized spacial score (nSPS) is 11.4. The number of methoxy groups -OCH3 is 1. The topological polar surface area (TPSA) is 101 Å². The first-order chi connectivity index (χ1) is 14.9. The highest BCUT2D eigenvalue weighted by Gasteiger charge is 2.21. The molecule has 4 aromatic rings. The van der Waals surface area contributed by atoms with Crippen molar-refractivity contribution >= 4 is 38.2 Å². The minimum Gasteiger partial charge on any atom is -0.497 e. The predicted molar refractivity (Wildman–Crippen MR) is 117 cm³/mol. The van der Waals surface area contributed by atoms with Gasteiger partial charge in [-0.25, -0.2) is 8.42 Å². The second kappa shape index (κ2) is 8.41. The van der Waals surface area contributed by atoms with Crippen LogP contribution in [-0.4, -0.2) is 31.4 Å². The largest absolute Gasteiger partial charge is 0.497 e. The molecule has 0 fully saturated rings. The van der Waals surface area contributed by atoms with Gasteiger partial charge in [0.05, 0.1) is 21.9 Å². The molecule has 2 heterocycles. The number of halogens is 1. The Kier molecular flexibility index (Phi) is 5.67. The zero-order valence-corrected chi connectivity index (χ0v) is 18.0. The van der Waals surface area contributed by atoms with Crippen LogP contribution in [0.1, 0.15) is 16.1 Å². The molecule has 0 aliphatic heterocycles. The molecule has 0 saturated heterocycles. The van der Waals surface area contributed by atoms with Crippen molar-refractivity contribution in [2.24, 2.45) is 0 Å². The van der Waals surface area contributed by atoms with E-state index in [-0.39, 0.29) is 27.3 Å². The summed E-state index contributed by atoms with van der Waals surface area (Å²) in [6.45, 7) is 0.243. The quantitative estimate of drug-likeness (QED) is 0.457. The van der Waals surface area contributed by atoms with E-state index in [2.05, 4.69) is 15.3 Å². The number of carbonyl (C=O) groups is 1. The second-order valence-corrected chi connectivity index (χ2v) is 9.10. The first-order valence-corrected chi connectivity index (χ1v) is 11.1. The molecule has 0 spiro atoms. The average Bonchev–Trinajstić information content (AvgIpc) is 3.22. The van der Waals surface area contributed by atoms with Gasteiger partial charge in [0.1, 0.15) is 11.4 Å². The van der Waals surface area contributed by atoms with Crippen LogP contribution in [0, 0.1) is 0 Å². The summed E-state index contributed by atoms with van der Waals surface area (Å²) < 4.78 is 31.0. The number of sulfone groups is 1. The van der Waals surface area contributed by atoms with Gasteiger partial charge >= 0.3 is 0 Å². The summed E-state index contributed by atoms with van der Waals surface area (Å²) in [4.78, 5) is 19.6. The molecule has 9 heteroatoms. The molecule has 0 unspecified atom stereocenters. The van der Waals surface area contributed by atoms with Gasteiger partial charge in [0.15, 0.2) is 0 Å². The van der Waals surface area contributed by atoms with Gasteiger partial charge in [0.2, 0.25) is 9.84 Å². The molecule has 4 rings (SSSR count). The number of aromatic nitrogens is 2. The third kappa shape index (κ3) is 4.26. The summed E-state index contributed by atoms with van der Waals surface area (Å²) in [5.74, 6) is 0.131. The van der Waals surface area contributed by atoms with Crippen LogP contribution in [0.3, 0.4) is 0 Å². The zero-order valence-electron chi connectivity index (χ0n) is 16.4. The molecule has 0 atom stereocenters. The number of aromatic amines is 1. The second-order valence-electron chi connectivity index (χ2n) is 6.77. The summed E-state index contributed by atoms with van der Waals surface area (Å²) in [6.07, 6.45) is 3.32. The number of carbonyl (C=O) groups excluding carboxylic acids is 1. The van der Waals surface area contributed by atoms with Gasteiger partial charge in [0.25, 0.3) is 5.91 Å². The van der Waals surface area contributed by atoms with E-state index in [1.54, 1.807) is 42.7 Å². The Bertz CT molecular complexity index is 1330. The Morgan fingerprint density at radius 2 is 1.90 bits per heavy atom. The number of hydrogen-bond donors (Lipinski definition) is 2. The van der Waals surface area contributed by atoms with E-state index >= 15 is 0 Å². The standard InChI is InChI=1S/C22H18ClN3O4S/c1-30-16-4-7-18(23)21(11-16)31(28,29)17-5-2-14(3-6-17)12-25-22(27)20-10-15-13-24-9-8-19(15)26-20/h2-11,13,26H,12H2,1H3,(H,25,27). The number of ether oxygens (including phenoxy) is 1. The van der Waals surface area contributed by atoms with E-state index in [4.69, 9.17) is 16.3 Å². The molecule has 2 N–H and O–H groups in total. The van der Waals surface area contributed by atoms with Crippen molar-refractivity contribution in [1.82, 2.24) is 15.3 Å². The minimum atomic E-state index is -3.82. The van der Waals surface area contributed by atoms with Gasteiger partial charge in [-0.15, -0.1) is 0 Å². The highest BCUT2D eigenvalue weighted by molar-refractivity contribution is 7.91. The van der Waals surface area contributed by atoms with Crippen molar-refractivity contribution in [2.75, 3.05) is 7.11 Å². The predicted octanol–water partition coefficient (Wildman–Crippen LogP) is 3.99. The highest BCUT2D eigenvalue weighted by atomic mass is 35.5. The van der Waals surface area contributed by atoms with E-state index in [0.717, 1.165) is 16.5 Å². The van der Waals surface area contributed by atoms with E-state index in [1.807, 2.05) is 0 Å². The first-order valence-electron chi connectivity index (χ1n) is 9.27. The molecule has 2 aromatic heterocycles. The summed E-state index contributed by atoms with van der Waals surface area (Å²) in [7, 11) is -2.36. The molecule has 0 aliphatic carbocycles. The van der Waals surface area contributed by atoms with Crippen molar-refractivity contribution in [3.8, 4) is 5.75 Å². The van der Waals surface area contributed by atoms with Gasteiger partial charge in [0, 0.05) is 35.9 Å². The number of H-pyrrole nitrogens is 1. The van der Waals surface area contributed by atoms with E-state index in [0.29, 0.717) is 11.4 Å². The molecular formula is C22H18ClN3O4S. The van der Waals surface area contributed by atoms with Crippen LogP contribution >= 0.6 is 11.6 Å². The number of hydrogen-bond acceptors (Lipinski definition) is 5. The van der Waals surface area contributed by atoms with Crippen molar-refractivity contribution in [3.63, 3.8) is 0 Å². The lowest BCUT2D eigenvalue weighted by Gasteiger charge is -2.10. The zero-order chi connectivity index (χ0) is 22.0. The third-order valence-electron chi connectivity index (χ3n) is 4.78. The molecule has 31 heavy (non-hydrogen) atoms. The number of nitrogens with zero attached hydrogens (tertiary/aromatic N) is 1. The minimum absolute atomic E-state index is 0.0251. The fourth-order valence-corrected chi connectivity index (χ4v) is 4.87. The molecule has 0 saturated carbocycles. The van der Waals surface area contributed by atoms with Gasteiger partial charge in [-0.2, -0.15) is 0 Å². The SMILES string of the molecule is COc1ccc(Cl)c(S(=O)(=O)c2ccc(CNC(=O)c3cc4cnccc4[nH]3)cc2)c1. The van der Waals surface area contributed by atoms with Crippen molar-refractivity contribution in [3.05, 3.63) is 83.3 Å². The Morgan fingerprint density at radius 1 is 1.13 bits per heavy atom. The first kappa shape index (κ1) is 20.9. The summed E-state index contributed by atoms with van der Waals surface area (Å²) in [5.41, 5.74) is 2.00. The number of nitrogens with one attached hydrogen (secondary N) is 2. The maximum absolute atomic E-state index is 13.0. The maximum atomic E-state index is 13.0. The Morgan fingerprint density at radius 3 is 2.61 bits per heavy atom. The number of fused-ring (bicyclic) bond motifs is 1. The molecule has 1 amide bonds. The lowest BCUT2D eigenvalue weighted by molar-refractivity contribution is 0.0946. The smallest absolute Gasteiger partial charge is 0.267 e. The van der Waals surface area contributed by atoms with Gasteiger partial charge in [-0.05, 0) is 42.0 Å². The van der Waals surface area contributed by atoms with Crippen molar-refractivity contribution in [2.45, 2.75) is 16.3 Å². The number of rotatable bonds is 6. The maximum Gasteiger partial charge on any atom is 0.267 e. The fourth-order valence-electron chi connectivity index (χ4n) is 3.10. The number of pyridine rings is 1. The van der Waals surface area contributed by atoms with Crippen LogP contribution in [0.4, 0.5) is 0 Å². The average molecular weight is 456 g/mol. The molecule has 158 valence electrons. The van der Waals surface area contributed by atoms with Crippen LogP contribution in [-0.2, 0) is 16.4 Å². The van der Waals surface area contributed by atoms with E-state index < -0.39 is 9.84 Å². The van der Waals surface area contributed by atoms with Crippen LogP contribution in [0.25, 0.3) is 10.9 Å². The molecular weight excluding hydrogens is 438 g/mol. The number of benzene rings is 2. The van der Waals surface area contributed by atoms with Crippen LogP contribution in [0.5, 0.6) is 5.75 Å². The molecule has 0 bridgehead atoms. The van der Waals surface area contributed by atoms with E-state index in [1.165, 1.54) is 31.4 Å². The lowest BCUT2D eigenvalue weighted by Crippen LogP contribution is -2.23. The van der Waals surface area contributed by atoms with Crippen LogP contribution < -0.4 is 10.1 Å². The molecule has 7 nitrogen and oxygen atoms in total. The third-order valence-corrected chi connectivity index (χ3v) is 7.03. The highest BCUT2D eigenvalue weighted by Crippen LogP contribution is 2.31. The van der Waals surface area contributed by atoms with Crippen LogP contribution in [0.15, 0.2) is 76.8 Å². The van der Waals surface area contributed by atoms with Gasteiger partial charge in [-0.1, -0.05) is 23.7 Å². The van der Waals surface area contributed by atoms with Crippen molar-refractivity contribution < 1.29 is 17.9 Å². The van der Waals surface area contributed by atoms with Gasteiger partial charge < -0.3 is 15.0 Å². The Balaban J connectivity index is 1.48. The Hall–Kier alpha value is -3.36. The summed E-state index contributed by atoms with van der Waals surface area (Å²) in [5, 5.41) is 3.77. The summed E-state index contributed by atoms with van der Waals surface area (Å²) in [6, 6.07) is 14.3. The Labute approximate surface area is 184 Å². The van der Waals surface area contributed by atoms with E-state index in [9.17, 15) is 13.2 Å². The fraction of sp³-hybridized carbons (Fsp3) is 0.0909. The molecule has 0 aliphatic rings. The number of amides is 1. The van der Waals surface area contributed by atoms with Crippen LogP contribution in [0.2, 0.25) is 5.02 Å². The monoisotopic (exact) mass is 455 g/mol. The molecule has 2 aromatic carbocycles. The van der Waals surface area contributed by atoms with Crippen molar-refractivity contribution in [1.29, 1.82) is 0 Å². The lowest BCUT2D eigenvalue weighted by atomic mass is 10.2. The summed E-state index contributed by atoms with van der Waals surface area (Å²) >= 11 is 6.10. The molecule has 0 radical (unpaired) electrons.